The van der Waals surface area contributed by atoms with Gasteiger partial charge in [0.1, 0.15) is 11.2 Å². The van der Waals surface area contributed by atoms with Crippen LogP contribution >= 0.6 is 11.3 Å². The standard InChI is InChI=1S/C26H38N4O4S/c1-5-8-9-12-19(11-6-2)27-25(33)26(4)18-30-22(17-21(28-30)24(32)34-7-3)23(31)29(26)15-14-20-13-10-16-35-20/h10,13,16-17,19H,5-9,11-12,14-15,18H2,1-4H3,(H,27,33). The molecule has 3 heterocycles. The minimum absolute atomic E-state index is 0.0687. The van der Waals surface area contributed by atoms with E-state index in [1.807, 2.05) is 17.5 Å². The number of carbonyl (C=O) groups excluding carboxylic acids is 3. The van der Waals surface area contributed by atoms with Gasteiger partial charge in [-0.15, -0.1) is 11.3 Å². The van der Waals surface area contributed by atoms with Gasteiger partial charge in [0.2, 0.25) is 5.91 Å². The Morgan fingerprint density at radius 2 is 2.03 bits per heavy atom. The Hall–Kier alpha value is -2.68. The first-order valence-electron chi connectivity index (χ1n) is 12.7. The second kappa shape index (κ2) is 12.3. The Labute approximate surface area is 212 Å². The van der Waals surface area contributed by atoms with E-state index in [0.717, 1.165) is 43.4 Å². The van der Waals surface area contributed by atoms with Crippen molar-refractivity contribution in [2.75, 3.05) is 13.2 Å². The summed E-state index contributed by atoms with van der Waals surface area (Å²) in [5.74, 6) is -1.05. The number of hydrogen-bond donors (Lipinski definition) is 1. The van der Waals surface area contributed by atoms with E-state index in [2.05, 4.69) is 24.3 Å². The van der Waals surface area contributed by atoms with E-state index in [0.29, 0.717) is 18.7 Å². The number of unbranched alkanes of at least 4 members (excludes halogenated alkanes) is 2. The van der Waals surface area contributed by atoms with Crippen molar-refractivity contribution in [3.8, 4) is 0 Å². The Bertz CT molecular complexity index is 1000. The third kappa shape index (κ3) is 6.31. The molecule has 0 bridgehead atoms. The molecule has 3 rings (SSSR count). The third-order valence-electron chi connectivity index (χ3n) is 6.56. The predicted molar refractivity (Wildman–Crippen MR) is 137 cm³/mol. The number of fused-ring (bicyclic) bond motifs is 1. The maximum absolute atomic E-state index is 13.8. The fourth-order valence-corrected chi connectivity index (χ4v) is 5.29. The third-order valence-corrected chi connectivity index (χ3v) is 7.50. The van der Waals surface area contributed by atoms with Crippen LogP contribution in [0.1, 0.15) is 92.1 Å². The van der Waals surface area contributed by atoms with Crippen molar-refractivity contribution in [2.45, 2.75) is 90.8 Å². The molecule has 0 aliphatic carbocycles. The predicted octanol–water partition coefficient (Wildman–Crippen LogP) is 4.44. The van der Waals surface area contributed by atoms with Crippen LogP contribution in [0.3, 0.4) is 0 Å². The maximum atomic E-state index is 13.8. The van der Waals surface area contributed by atoms with Gasteiger partial charge in [-0.05, 0) is 44.6 Å². The van der Waals surface area contributed by atoms with E-state index in [-0.39, 0.29) is 36.7 Å². The van der Waals surface area contributed by atoms with Crippen LogP contribution in [0.2, 0.25) is 0 Å². The molecule has 2 atom stereocenters. The smallest absolute Gasteiger partial charge is 0.358 e. The molecule has 1 aliphatic heterocycles. The normalized spacial score (nSPS) is 18.3. The zero-order valence-corrected chi connectivity index (χ0v) is 22.2. The highest BCUT2D eigenvalue weighted by Crippen LogP contribution is 2.29. The van der Waals surface area contributed by atoms with Crippen LogP contribution in [-0.4, -0.2) is 57.2 Å². The molecule has 1 aliphatic rings. The number of carbonyl (C=O) groups is 3. The average Bonchev–Trinajstić information content (AvgIpc) is 3.49. The number of rotatable bonds is 13. The van der Waals surface area contributed by atoms with Gasteiger partial charge in [0.05, 0.1) is 13.2 Å². The Morgan fingerprint density at radius 3 is 2.69 bits per heavy atom. The van der Waals surface area contributed by atoms with Gasteiger partial charge < -0.3 is 15.0 Å². The maximum Gasteiger partial charge on any atom is 0.358 e. The molecule has 0 radical (unpaired) electrons. The molecular weight excluding hydrogens is 464 g/mol. The SMILES string of the molecule is CCCCCC(CCC)NC(=O)C1(C)Cn2nc(C(=O)OCC)cc2C(=O)N1CCc1cccs1. The molecule has 2 aromatic rings. The summed E-state index contributed by atoms with van der Waals surface area (Å²) in [7, 11) is 0. The van der Waals surface area contributed by atoms with Crippen molar-refractivity contribution in [1.29, 1.82) is 0 Å². The van der Waals surface area contributed by atoms with E-state index in [4.69, 9.17) is 4.74 Å². The molecule has 2 amide bonds. The summed E-state index contributed by atoms with van der Waals surface area (Å²) in [4.78, 5) is 42.5. The number of hydrogen-bond acceptors (Lipinski definition) is 6. The van der Waals surface area contributed by atoms with Gasteiger partial charge in [-0.3, -0.25) is 14.3 Å². The van der Waals surface area contributed by atoms with Crippen molar-refractivity contribution in [2.24, 2.45) is 0 Å². The van der Waals surface area contributed by atoms with Gasteiger partial charge in [-0.2, -0.15) is 5.10 Å². The van der Waals surface area contributed by atoms with E-state index in [9.17, 15) is 14.4 Å². The molecular formula is C26H38N4O4S. The second-order valence-electron chi connectivity index (χ2n) is 9.31. The van der Waals surface area contributed by atoms with Crippen molar-refractivity contribution in [3.05, 3.63) is 39.8 Å². The lowest BCUT2D eigenvalue weighted by Crippen LogP contribution is -2.65. The van der Waals surface area contributed by atoms with Crippen LogP contribution in [-0.2, 0) is 22.5 Å². The van der Waals surface area contributed by atoms with Crippen LogP contribution in [0.25, 0.3) is 0 Å². The topological polar surface area (TPSA) is 93.5 Å². The van der Waals surface area contributed by atoms with E-state index in [1.54, 1.807) is 30.1 Å². The summed E-state index contributed by atoms with van der Waals surface area (Å²) in [6.07, 6.45) is 6.76. The first-order valence-corrected chi connectivity index (χ1v) is 13.6. The van der Waals surface area contributed by atoms with Crippen LogP contribution < -0.4 is 5.32 Å². The molecule has 0 fully saturated rings. The highest BCUT2D eigenvalue weighted by atomic mass is 32.1. The Kier molecular flexibility index (Phi) is 9.48. The van der Waals surface area contributed by atoms with Crippen LogP contribution in [0.15, 0.2) is 23.6 Å². The molecule has 9 heteroatoms. The average molecular weight is 503 g/mol. The molecule has 0 saturated heterocycles. The van der Waals surface area contributed by atoms with Gasteiger partial charge in [0.15, 0.2) is 5.69 Å². The zero-order chi connectivity index (χ0) is 25.4. The molecule has 8 nitrogen and oxygen atoms in total. The van der Waals surface area contributed by atoms with Crippen LogP contribution in [0, 0.1) is 0 Å². The van der Waals surface area contributed by atoms with Crippen LogP contribution in [0.5, 0.6) is 0 Å². The quantitative estimate of drug-likeness (QED) is 0.323. The summed E-state index contributed by atoms with van der Waals surface area (Å²) in [5.41, 5.74) is -0.741. The monoisotopic (exact) mass is 502 g/mol. The number of amides is 2. The van der Waals surface area contributed by atoms with Crippen molar-refractivity contribution in [3.63, 3.8) is 0 Å². The molecule has 0 spiro atoms. The van der Waals surface area contributed by atoms with Gasteiger partial charge >= 0.3 is 5.97 Å². The minimum atomic E-state index is -1.13. The van der Waals surface area contributed by atoms with Gasteiger partial charge in [-0.1, -0.05) is 45.6 Å². The number of nitrogens with one attached hydrogen (secondary N) is 1. The number of esters is 1. The molecule has 35 heavy (non-hydrogen) atoms. The molecule has 0 saturated carbocycles. The minimum Gasteiger partial charge on any atom is -0.461 e. The van der Waals surface area contributed by atoms with Gasteiger partial charge in [-0.25, -0.2) is 4.79 Å². The van der Waals surface area contributed by atoms with Crippen molar-refractivity contribution < 1.29 is 19.1 Å². The molecule has 0 aromatic carbocycles. The first kappa shape index (κ1) is 26.9. The highest BCUT2D eigenvalue weighted by molar-refractivity contribution is 7.09. The summed E-state index contributed by atoms with van der Waals surface area (Å²) < 4.78 is 6.56. The number of thiophene rings is 1. The molecule has 1 N–H and O–H groups in total. The van der Waals surface area contributed by atoms with Crippen LogP contribution in [0.4, 0.5) is 0 Å². The van der Waals surface area contributed by atoms with Gasteiger partial charge in [0, 0.05) is 23.5 Å². The fourth-order valence-electron chi connectivity index (χ4n) is 4.59. The summed E-state index contributed by atoms with van der Waals surface area (Å²) in [5, 5.41) is 9.59. The van der Waals surface area contributed by atoms with Crippen molar-refractivity contribution in [1.82, 2.24) is 20.0 Å². The van der Waals surface area contributed by atoms with Crippen molar-refractivity contribution >= 4 is 29.1 Å². The highest BCUT2D eigenvalue weighted by Gasteiger charge is 2.48. The summed E-state index contributed by atoms with van der Waals surface area (Å²) >= 11 is 1.63. The lowest BCUT2D eigenvalue weighted by atomic mass is 9.93. The molecule has 2 unspecified atom stereocenters. The largest absolute Gasteiger partial charge is 0.461 e. The second-order valence-corrected chi connectivity index (χ2v) is 10.3. The van der Waals surface area contributed by atoms with Gasteiger partial charge in [0.25, 0.3) is 5.91 Å². The molecule has 192 valence electrons. The lowest BCUT2D eigenvalue weighted by molar-refractivity contribution is -0.134. The number of aromatic nitrogens is 2. The first-order chi connectivity index (χ1) is 16.8. The Balaban J connectivity index is 1.89. The van der Waals surface area contributed by atoms with E-state index >= 15 is 0 Å². The summed E-state index contributed by atoms with van der Waals surface area (Å²) in [6.45, 7) is 8.61. The Morgan fingerprint density at radius 1 is 1.23 bits per heavy atom. The number of nitrogens with zero attached hydrogens (tertiary/aromatic N) is 3. The lowest BCUT2D eigenvalue weighted by Gasteiger charge is -2.44. The zero-order valence-electron chi connectivity index (χ0n) is 21.3. The summed E-state index contributed by atoms with van der Waals surface area (Å²) in [6, 6.07) is 5.56. The van der Waals surface area contributed by atoms with E-state index < -0.39 is 11.5 Å². The molecule has 2 aromatic heterocycles. The van der Waals surface area contributed by atoms with E-state index in [1.165, 1.54) is 10.7 Å². The fraction of sp³-hybridized carbons (Fsp3) is 0.615. The number of ether oxygens (including phenoxy) is 1.